The minimum atomic E-state index is -3.99. The second kappa shape index (κ2) is 9.70. The normalized spacial score (nSPS) is 11.3. The Morgan fingerprint density at radius 3 is 2.32 bits per heavy atom. The van der Waals surface area contributed by atoms with Crippen LogP contribution >= 0.6 is 11.6 Å². The lowest BCUT2D eigenvalue weighted by atomic mass is 10.1. The van der Waals surface area contributed by atoms with Gasteiger partial charge in [-0.3, -0.25) is 9.10 Å². The molecule has 0 aliphatic carbocycles. The number of carbonyl (C=O) groups excluding carboxylic acids is 1. The zero-order valence-corrected chi connectivity index (χ0v) is 20.1. The number of rotatable bonds is 7. The number of aromatic nitrogens is 1. The smallest absolute Gasteiger partial charge is 0.265 e. The number of nitrogens with zero attached hydrogens (tertiary/aromatic N) is 2. The summed E-state index contributed by atoms with van der Waals surface area (Å²) in [5.41, 5.74) is 2.19. The number of para-hydroxylation sites is 1. The molecule has 1 N–H and O–H groups in total. The van der Waals surface area contributed by atoms with Gasteiger partial charge >= 0.3 is 0 Å². The van der Waals surface area contributed by atoms with Crippen molar-refractivity contribution in [3.8, 4) is 11.3 Å². The fourth-order valence-corrected chi connectivity index (χ4v) is 5.59. The third kappa shape index (κ3) is 4.55. The summed E-state index contributed by atoms with van der Waals surface area (Å²) < 4.78 is 33.4. The SMILES string of the molecule is CCN(c1ccccc1)S(=O)(=O)c1cc(NC(=O)c2c(-c3ccccc3)noc2C)ccc1Cl. The first-order valence-corrected chi connectivity index (χ1v) is 12.3. The molecule has 0 aliphatic heterocycles. The summed E-state index contributed by atoms with van der Waals surface area (Å²) in [6, 6.07) is 22.3. The van der Waals surface area contributed by atoms with Crippen molar-refractivity contribution in [2.24, 2.45) is 0 Å². The number of carbonyl (C=O) groups is 1. The minimum absolute atomic E-state index is 0.0542. The average Bonchev–Trinajstić information content (AvgIpc) is 3.23. The molecule has 0 saturated carbocycles. The Morgan fingerprint density at radius 2 is 1.68 bits per heavy atom. The summed E-state index contributed by atoms with van der Waals surface area (Å²) >= 11 is 6.29. The van der Waals surface area contributed by atoms with Crippen molar-refractivity contribution in [3.63, 3.8) is 0 Å². The number of amides is 1. The molecule has 174 valence electrons. The van der Waals surface area contributed by atoms with Gasteiger partial charge in [-0.05, 0) is 44.2 Å². The van der Waals surface area contributed by atoms with Crippen LogP contribution in [0.2, 0.25) is 5.02 Å². The van der Waals surface area contributed by atoms with Crippen molar-refractivity contribution < 1.29 is 17.7 Å². The maximum Gasteiger partial charge on any atom is 0.265 e. The second-order valence-electron chi connectivity index (χ2n) is 7.43. The van der Waals surface area contributed by atoms with Gasteiger partial charge in [-0.25, -0.2) is 8.42 Å². The maximum atomic E-state index is 13.4. The molecule has 0 radical (unpaired) electrons. The van der Waals surface area contributed by atoms with Crippen molar-refractivity contribution in [1.82, 2.24) is 5.16 Å². The van der Waals surface area contributed by atoms with E-state index in [1.54, 1.807) is 44.2 Å². The molecule has 1 heterocycles. The Morgan fingerprint density at radius 1 is 1.03 bits per heavy atom. The average molecular weight is 496 g/mol. The van der Waals surface area contributed by atoms with Crippen LogP contribution in [0.15, 0.2) is 88.3 Å². The van der Waals surface area contributed by atoms with Gasteiger partial charge in [0.1, 0.15) is 21.9 Å². The predicted octanol–water partition coefficient (Wildman–Crippen LogP) is 5.77. The van der Waals surface area contributed by atoms with E-state index in [0.29, 0.717) is 17.1 Å². The molecule has 0 atom stereocenters. The molecule has 0 fully saturated rings. The number of benzene rings is 3. The fourth-order valence-electron chi connectivity index (χ4n) is 3.61. The topological polar surface area (TPSA) is 92.5 Å². The Labute approximate surface area is 203 Å². The second-order valence-corrected chi connectivity index (χ2v) is 9.67. The van der Waals surface area contributed by atoms with Crippen molar-refractivity contribution in [2.45, 2.75) is 18.7 Å². The van der Waals surface area contributed by atoms with Gasteiger partial charge in [0.15, 0.2) is 0 Å². The number of sulfonamides is 1. The molecule has 0 unspecified atom stereocenters. The molecule has 34 heavy (non-hydrogen) atoms. The summed E-state index contributed by atoms with van der Waals surface area (Å²) in [4.78, 5) is 13.0. The molecule has 3 aromatic carbocycles. The zero-order valence-electron chi connectivity index (χ0n) is 18.5. The van der Waals surface area contributed by atoms with Gasteiger partial charge in [-0.1, -0.05) is 65.3 Å². The summed E-state index contributed by atoms with van der Waals surface area (Å²) in [6.45, 7) is 3.59. The van der Waals surface area contributed by atoms with Crippen LogP contribution in [-0.4, -0.2) is 26.0 Å². The number of anilines is 2. The van der Waals surface area contributed by atoms with E-state index in [4.69, 9.17) is 16.1 Å². The van der Waals surface area contributed by atoms with Crippen molar-refractivity contribution >= 4 is 38.9 Å². The lowest BCUT2D eigenvalue weighted by molar-refractivity contribution is 0.102. The number of hydrogen-bond donors (Lipinski definition) is 1. The zero-order chi connectivity index (χ0) is 24.3. The van der Waals surface area contributed by atoms with E-state index >= 15 is 0 Å². The van der Waals surface area contributed by atoms with Gasteiger partial charge in [0, 0.05) is 17.8 Å². The van der Waals surface area contributed by atoms with Crippen LogP contribution in [0.1, 0.15) is 23.0 Å². The molecule has 7 nitrogen and oxygen atoms in total. The van der Waals surface area contributed by atoms with Crippen LogP contribution in [0.5, 0.6) is 0 Å². The maximum absolute atomic E-state index is 13.4. The monoisotopic (exact) mass is 495 g/mol. The number of nitrogens with one attached hydrogen (secondary N) is 1. The van der Waals surface area contributed by atoms with E-state index in [1.807, 2.05) is 36.4 Å². The van der Waals surface area contributed by atoms with Gasteiger partial charge in [0.05, 0.1) is 10.7 Å². The van der Waals surface area contributed by atoms with Gasteiger partial charge in [0.2, 0.25) is 0 Å². The standard InChI is InChI=1S/C25H22ClN3O4S/c1-3-29(20-12-8-5-9-13-20)34(31,32)22-16-19(14-15-21(22)26)27-25(30)23-17(2)33-28-24(23)18-10-6-4-7-11-18/h4-16H,3H2,1-2H3,(H,27,30). The lowest BCUT2D eigenvalue weighted by Crippen LogP contribution is -2.31. The first kappa shape index (κ1) is 23.5. The van der Waals surface area contributed by atoms with E-state index in [9.17, 15) is 13.2 Å². The Kier molecular flexibility index (Phi) is 6.72. The first-order chi connectivity index (χ1) is 16.3. The Balaban J connectivity index is 1.68. The fraction of sp³-hybridized carbons (Fsp3) is 0.120. The Hall–Kier alpha value is -3.62. The molecule has 4 rings (SSSR count). The quantitative estimate of drug-likeness (QED) is 0.351. The van der Waals surface area contributed by atoms with E-state index in [1.165, 1.54) is 16.4 Å². The largest absolute Gasteiger partial charge is 0.360 e. The third-order valence-electron chi connectivity index (χ3n) is 5.23. The van der Waals surface area contributed by atoms with Crippen LogP contribution in [0, 0.1) is 6.92 Å². The summed E-state index contributed by atoms with van der Waals surface area (Å²) in [7, 11) is -3.99. The van der Waals surface area contributed by atoms with Crippen molar-refractivity contribution in [2.75, 3.05) is 16.2 Å². The lowest BCUT2D eigenvalue weighted by Gasteiger charge is -2.23. The highest BCUT2D eigenvalue weighted by Gasteiger charge is 2.27. The van der Waals surface area contributed by atoms with Crippen LogP contribution in [-0.2, 0) is 10.0 Å². The van der Waals surface area contributed by atoms with Crippen molar-refractivity contribution in [3.05, 3.63) is 95.2 Å². The highest BCUT2D eigenvalue weighted by Crippen LogP contribution is 2.31. The van der Waals surface area contributed by atoms with E-state index in [2.05, 4.69) is 10.5 Å². The van der Waals surface area contributed by atoms with Gasteiger partial charge in [0.25, 0.3) is 15.9 Å². The Bertz CT molecular complexity index is 1420. The minimum Gasteiger partial charge on any atom is -0.360 e. The third-order valence-corrected chi connectivity index (χ3v) is 7.61. The van der Waals surface area contributed by atoms with Gasteiger partial charge < -0.3 is 9.84 Å². The van der Waals surface area contributed by atoms with Crippen LogP contribution < -0.4 is 9.62 Å². The summed E-state index contributed by atoms with van der Waals surface area (Å²) in [6.07, 6.45) is 0. The number of hydrogen-bond acceptors (Lipinski definition) is 5. The van der Waals surface area contributed by atoms with Gasteiger partial charge in [-0.15, -0.1) is 0 Å². The molecule has 0 spiro atoms. The molecule has 0 aliphatic rings. The molecule has 1 aromatic heterocycles. The first-order valence-electron chi connectivity index (χ1n) is 10.5. The molecular formula is C25H22ClN3O4S. The molecule has 0 bridgehead atoms. The molecule has 4 aromatic rings. The van der Waals surface area contributed by atoms with Crippen LogP contribution in [0.3, 0.4) is 0 Å². The molecule has 9 heteroatoms. The van der Waals surface area contributed by atoms with E-state index < -0.39 is 15.9 Å². The van der Waals surface area contributed by atoms with E-state index in [0.717, 1.165) is 5.56 Å². The molecule has 0 saturated heterocycles. The molecule has 1 amide bonds. The van der Waals surface area contributed by atoms with E-state index in [-0.39, 0.29) is 27.7 Å². The molecular weight excluding hydrogens is 474 g/mol. The number of halogens is 1. The highest BCUT2D eigenvalue weighted by atomic mass is 35.5. The van der Waals surface area contributed by atoms with Crippen LogP contribution in [0.4, 0.5) is 11.4 Å². The van der Waals surface area contributed by atoms with Crippen LogP contribution in [0.25, 0.3) is 11.3 Å². The number of aryl methyl sites for hydroxylation is 1. The summed E-state index contributed by atoms with van der Waals surface area (Å²) in [5.74, 6) is -0.127. The summed E-state index contributed by atoms with van der Waals surface area (Å²) in [5, 5.41) is 6.83. The van der Waals surface area contributed by atoms with Gasteiger partial charge in [-0.2, -0.15) is 0 Å². The predicted molar refractivity (Wildman–Crippen MR) is 133 cm³/mol. The highest BCUT2D eigenvalue weighted by molar-refractivity contribution is 7.93. The van der Waals surface area contributed by atoms with Crippen molar-refractivity contribution in [1.29, 1.82) is 0 Å².